The van der Waals surface area contributed by atoms with Crippen LogP contribution in [0.25, 0.3) is 5.70 Å². The van der Waals surface area contributed by atoms with E-state index in [-0.39, 0.29) is 5.91 Å². The lowest BCUT2D eigenvalue weighted by Gasteiger charge is -2.32. The molecule has 0 fully saturated rings. The summed E-state index contributed by atoms with van der Waals surface area (Å²) in [5.74, 6) is 1.97. The zero-order valence-electron chi connectivity index (χ0n) is 15.7. The van der Waals surface area contributed by atoms with Gasteiger partial charge < -0.3 is 4.42 Å². The fourth-order valence-corrected chi connectivity index (χ4v) is 4.20. The second kappa shape index (κ2) is 7.25. The van der Waals surface area contributed by atoms with Crippen molar-refractivity contribution in [1.82, 2.24) is 10.3 Å². The molecule has 0 radical (unpaired) electrons. The van der Waals surface area contributed by atoms with Gasteiger partial charge >= 0.3 is 0 Å². The molecular weight excluding hydrogens is 384 g/mol. The van der Waals surface area contributed by atoms with Crippen molar-refractivity contribution in [1.29, 1.82) is 0 Å². The summed E-state index contributed by atoms with van der Waals surface area (Å²) < 4.78 is 5.83. The Balaban J connectivity index is 1.57. The number of furan rings is 1. The van der Waals surface area contributed by atoms with E-state index in [4.69, 9.17) is 14.5 Å². The number of nitrogens with zero attached hydrogens (tertiary/aromatic N) is 3. The molecule has 1 atom stereocenters. The largest absolute Gasteiger partial charge is 0.462 e. The molecule has 2 aliphatic rings. The van der Waals surface area contributed by atoms with Crippen molar-refractivity contribution < 1.29 is 9.21 Å². The van der Waals surface area contributed by atoms with Crippen molar-refractivity contribution in [2.24, 2.45) is 10.1 Å². The predicted molar refractivity (Wildman–Crippen MR) is 112 cm³/mol. The molecule has 2 aliphatic heterocycles. The summed E-state index contributed by atoms with van der Waals surface area (Å²) in [7, 11) is 0. The van der Waals surface area contributed by atoms with E-state index in [1.807, 2.05) is 61.5 Å². The third kappa shape index (κ3) is 3.34. The third-order valence-corrected chi connectivity index (χ3v) is 5.68. The first kappa shape index (κ1) is 17.8. The molecule has 1 N–H and O–H groups in total. The Kier molecular flexibility index (Phi) is 4.44. The van der Waals surface area contributed by atoms with Crippen molar-refractivity contribution in [3.8, 4) is 0 Å². The van der Waals surface area contributed by atoms with Crippen LogP contribution in [0.3, 0.4) is 0 Å². The van der Waals surface area contributed by atoms with Gasteiger partial charge in [-0.25, -0.2) is 10.0 Å². The van der Waals surface area contributed by atoms with Crippen molar-refractivity contribution in [3.63, 3.8) is 0 Å². The van der Waals surface area contributed by atoms with Crippen LogP contribution in [0.4, 0.5) is 0 Å². The molecule has 3 aromatic rings. The molecule has 5 rings (SSSR count). The van der Waals surface area contributed by atoms with Crippen LogP contribution in [-0.4, -0.2) is 16.1 Å². The van der Waals surface area contributed by atoms with E-state index in [0.717, 1.165) is 21.9 Å². The lowest BCUT2D eigenvalue weighted by atomic mass is 10.1. The van der Waals surface area contributed by atoms with Crippen LogP contribution in [-0.2, 0) is 10.5 Å². The molecule has 144 valence electrons. The molecule has 3 heterocycles. The SMILES string of the molecule is Cc1ccc([C@H]2N=c3ccccc3=C3C(=O)NC(SCc4ccccc4)=NN32)o1. The molecule has 2 aromatic carbocycles. The van der Waals surface area contributed by atoms with E-state index in [2.05, 4.69) is 17.4 Å². The number of hydrogen-bond acceptors (Lipinski definition) is 6. The number of amides is 1. The number of rotatable bonds is 3. The Morgan fingerprint density at radius 3 is 2.66 bits per heavy atom. The van der Waals surface area contributed by atoms with E-state index in [1.54, 1.807) is 5.01 Å². The highest BCUT2D eigenvalue weighted by molar-refractivity contribution is 8.13. The highest BCUT2D eigenvalue weighted by Crippen LogP contribution is 2.31. The number of benzene rings is 2. The fourth-order valence-electron chi connectivity index (χ4n) is 3.40. The molecule has 0 aliphatic carbocycles. The van der Waals surface area contributed by atoms with Crippen molar-refractivity contribution in [3.05, 3.63) is 94.4 Å². The van der Waals surface area contributed by atoms with Crippen LogP contribution < -0.4 is 15.9 Å². The first-order valence-electron chi connectivity index (χ1n) is 9.28. The number of amidine groups is 1. The number of fused-ring (bicyclic) bond motifs is 2. The van der Waals surface area contributed by atoms with Gasteiger partial charge in [-0.05, 0) is 30.7 Å². The normalized spacial score (nSPS) is 17.8. The van der Waals surface area contributed by atoms with Crippen molar-refractivity contribution in [2.45, 2.75) is 18.8 Å². The molecular formula is C22H18N4O2S. The van der Waals surface area contributed by atoms with Gasteiger partial charge in [-0.1, -0.05) is 60.3 Å². The number of hydrazone groups is 1. The first-order valence-corrected chi connectivity index (χ1v) is 10.3. The number of hydrogen-bond donors (Lipinski definition) is 1. The number of para-hydroxylation sites is 1. The average Bonchev–Trinajstić information content (AvgIpc) is 3.18. The fraction of sp³-hybridized carbons (Fsp3) is 0.136. The topological polar surface area (TPSA) is 70.2 Å². The van der Waals surface area contributed by atoms with Crippen LogP contribution in [0.1, 0.15) is 23.2 Å². The van der Waals surface area contributed by atoms with E-state index < -0.39 is 6.17 Å². The minimum atomic E-state index is -0.521. The maximum atomic E-state index is 13.0. The molecule has 6 nitrogen and oxygen atoms in total. The van der Waals surface area contributed by atoms with Crippen molar-refractivity contribution >= 4 is 28.5 Å². The van der Waals surface area contributed by atoms with Gasteiger partial charge in [0.1, 0.15) is 11.5 Å². The Hall–Kier alpha value is -3.32. The summed E-state index contributed by atoms with van der Waals surface area (Å²) in [4.78, 5) is 17.9. The van der Waals surface area contributed by atoms with Gasteiger partial charge in [0, 0.05) is 11.0 Å². The maximum Gasteiger partial charge on any atom is 0.276 e. The Bertz CT molecular complexity index is 1230. The Morgan fingerprint density at radius 2 is 1.86 bits per heavy atom. The van der Waals surface area contributed by atoms with Gasteiger partial charge in [0.05, 0.1) is 5.36 Å². The van der Waals surface area contributed by atoms with Gasteiger partial charge in [0.2, 0.25) is 6.17 Å². The first-order chi connectivity index (χ1) is 14.2. The van der Waals surface area contributed by atoms with E-state index >= 15 is 0 Å². The molecule has 0 bridgehead atoms. The van der Waals surface area contributed by atoms with E-state index in [1.165, 1.54) is 11.8 Å². The molecule has 29 heavy (non-hydrogen) atoms. The zero-order chi connectivity index (χ0) is 19.8. The number of aryl methyl sites for hydroxylation is 1. The maximum absolute atomic E-state index is 13.0. The number of carbonyl (C=O) groups excluding carboxylic acids is 1. The molecule has 1 amide bonds. The summed E-state index contributed by atoms with van der Waals surface area (Å²) in [5, 5.41) is 11.4. The zero-order valence-corrected chi connectivity index (χ0v) is 16.5. The number of thioether (sulfide) groups is 1. The molecule has 7 heteroatoms. The van der Waals surface area contributed by atoms with Gasteiger partial charge in [0.25, 0.3) is 5.91 Å². The standard InChI is InChI=1S/C22H18N4O2S/c1-14-11-12-18(28-14)20-23-17-10-6-5-9-16(17)19-21(27)24-22(25-26(19)20)29-13-15-7-3-2-4-8-15/h2-12,20H,13H2,1H3,(H,24,25,27)/t20-/m0/s1. The van der Waals surface area contributed by atoms with Gasteiger partial charge in [-0.3, -0.25) is 10.1 Å². The van der Waals surface area contributed by atoms with Crippen molar-refractivity contribution in [2.75, 3.05) is 0 Å². The van der Waals surface area contributed by atoms with Gasteiger partial charge in [-0.2, -0.15) is 0 Å². The lowest BCUT2D eigenvalue weighted by Crippen LogP contribution is -2.50. The minimum absolute atomic E-state index is 0.189. The highest BCUT2D eigenvalue weighted by atomic mass is 32.2. The van der Waals surface area contributed by atoms with Gasteiger partial charge in [0.15, 0.2) is 10.9 Å². The molecule has 0 spiro atoms. The van der Waals surface area contributed by atoms with Gasteiger partial charge in [-0.15, -0.1) is 5.10 Å². The van der Waals surface area contributed by atoms with E-state index in [9.17, 15) is 4.79 Å². The number of carbonyl (C=O) groups is 1. The molecule has 0 saturated heterocycles. The molecule has 0 saturated carbocycles. The summed E-state index contributed by atoms with van der Waals surface area (Å²) >= 11 is 1.48. The van der Waals surface area contributed by atoms with Crippen LogP contribution in [0.15, 0.2) is 81.2 Å². The van der Waals surface area contributed by atoms with Crippen LogP contribution in [0.2, 0.25) is 0 Å². The average molecular weight is 402 g/mol. The second-order valence-corrected chi connectivity index (χ2v) is 7.76. The molecule has 1 aromatic heterocycles. The van der Waals surface area contributed by atoms with Crippen LogP contribution in [0, 0.1) is 6.92 Å². The van der Waals surface area contributed by atoms with E-state index in [0.29, 0.717) is 22.4 Å². The third-order valence-electron chi connectivity index (χ3n) is 4.75. The quantitative estimate of drug-likeness (QED) is 0.731. The summed E-state index contributed by atoms with van der Waals surface area (Å²) in [6.07, 6.45) is -0.521. The van der Waals surface area contributed by atoms with Crippen LogP contribution >= 0.6 is 11.8 Å². The number of nitrogens with one attached hydrogen (secondary N) is 1. The predicted octanol–water partition coefficient (Wildman–Crippen LogP) is 2.66. The minimum Gasteiger partial charge on any atom is -0.462 e. The molecule has 0 unspecified atom stereocenters. The highest BCUT2D eigenvalue weighted by Gasteiger charge is 2.35. The smallest absolute Gasteiger partial charge is 0.276 e. The lowest BCUT2D eigenvalue weighted by molar-refractivity contribution is -0.116. The summed E-state index contributed by atoms with van der Waals surface area (Å²) in [5.41, 5.74) is 1.65. The second-order valence-electron chi connectivity index (χ2n) is 6.80. The monoisotopic (exact) mass is 402 g/mol. The summed E-state index contributed by atoms with van der Waals surface area (Å²) in [6, 6.07) is 21.5. The Labute approximate surface area is 171 Å². The summed E-state index contributed by atoms with van der Waals surface area (Å²) in [6.45, 7) is 1.89. The Morgan fingerprint density at radius 1 is 1.07 bits per heavy atom. The van der Waals surface area contributed by atoms with Crippen LogP contribution in [0.5, 0.6) is 0 Å².